The fourth-order valence-electron chi connectivity index (χ4n) is 3.35. The lowest BCUT2D eigenvalue weighted by Gasteiger charge is -2.36. The number of alkyl halides is 3. The number of benzene rings is 2. The predicted octanol–water partition coefficient (Wildman–Crippen LogP) is 3.82. The number of nitrogens with one attached hydrogen (secondary N) is 1. The Morgan fingerprint density at radius 2 is 1.62 bits per heavy atom. The van der Waals surface area contributed by atoms with Crippen LogP contribution in [0.4, 0.5) is 24.5 Å². The summed E-state index contributed by atoms with van der Waals surface area (Å²) in [6.07, 6.45) is -4.88. The van der Waals surface area contributed by atoms with Gasteiger partial charge in [0.1, 0.15) is 0 Å². The van der Waals surface area contributed by atoms with Gasteiger partial charge in [0.25, 0.3) is 5.91 Å². The molecule has 1 fully saturated rings. The highest BCUT2D eigenvalue weighted by molar-refractivity contribution is 6.33. The molecule has 1 aliphatic rings. The van der Waals surface area contributed by atoms with E-state index in [2.05, 4.69) is 5.32 Å². The van der Waals surface area contributed by atoms with Crippen molar-refractivity contribution >= 4 is 34.8 Å². The minimum absolute atomic E-state index is 0.0630. The van der Waals surface area contributed by atoms with Crippen LogP contribution in [0.25, 0.3) is 0 Å². The minimum Gasteiger partial charge on any atom is -0.493 e. The van der Waals surface area contributed by atoms with E-state index in [0.717, 1.165) is 4.90 Å². The second kappa shape index (κ2) is 9.56. The SMILES string of the molecule is COc1ccc(C(=O)Nc2ccc(N3CCN(C(=O)C(F)(F)F)CC3)c(Cl)c2)cc1OC. The summed E-state index contributed by atoms with van der Waals surface area (Å²) >= 11 is 6.36. The summed E-state index contributed by atoms with van der Waals surface area (Å²) in [7, 11) is 2.96. The maximum Gasteiger partial charge on any atom is 0.471 e. The number of amides is 2. The van der Waals surface area contributed by atoms with Crippen LogP contribution in [0.15, 0.2) is 36.4 Å². The molecule has 0 aliphatic carbocycles. The monoisotopic (exact) mass is 471 g/mol. The van der Waals surface area contributed by atoms with Crippen molar-refractivity contribution in [3.8, 4) is 11.5 Å². The number of hydrogen-bond acceptors (Lipinski definition) is 5. The first-order valence-corrected chi connectivity index (χ1v) is 9.96. The van der Waals surface area contributed by atoms with Crippen molar-refractivity contribution in [2.45, 2.75) is 6.18 Å². The van der Waals surface area contributed by atoms with Gasteiger partial charge in [-0.1, -0.05) is 11.6 Å². The summed E-state index contributed by atoms with van der Waals surface area (Å²) in [6, 6.07) is 9.64. The third kappa shape index (κ3) is 5.18. The molecule has 2 aromatic rings. The summed E-state index contributed by atoms with van der Waals surface area (Å²) in [5, 5.41) is 3.07. The number of methoxy groups -OCH3 is 2. The zero-order valence-electron chi connectivity index (χ0n) is 17.3. The lowest BCUT2D eigenvalue weighted by atomic mass is 10.1. The number of ether oxygens (including phenoxy) is 2. The number of anilines is 2. The Morgan fingerprint density at radius 3 is 2.19 bits per heavy atom. The fraction of sp³-hybridized carbons (Fsp3) is 0.333. The van der Waals surface area contributed by atoms with Crippen LogP contribution >= 0.6 is 11.6 Å². The van der Waals surface area contributed by atoms with Gasteiger partial charge in [-0.2, -0.15) is 13.2 Å². The van der Waals surface area contributed by atoms with Gasteiger partial charge in [-0.15, -0.1) is 0 Å². The first-order chi connectivity index (χ1) is 15.1. The van der Waals surface area contributed by atoms with Gasteiger partial charge in [0.2, 0.25) is 0 Å². The second-order valence-electron chi connectivity index (χ2n) is 6.97. The van der Waals surface area contributed by atoms with E-state index in [1.54, 1.807) is 41.3 Å². The molecule has 0 radical (unpaired) electrons. The molecule has 0 saturated carbocycles. The van der Waals surface area contributed by atoms with Crippen LogP contribution in [-0.2, 0) is 4.79 Å². The zero-order valence-corrected chi connectivity index (χ0v) is 18.1. The molecule has 11 heteroatoms. The molecule has 7 nitrogen and oxygen atoms in total. The van der Waals surface area contributed by atoms with Crippen molar-refractivity contribution in [3.05, 3.63) is 47.0 Å². The van der Waals surface area contributed by atoms with E-state index in [4.69, 9.17) is 21.1 Å². The van der Waals surface area contributed by atoms with E-state index in [1.807, 2.05) is 0 Å². The maximum atomic E-state index is 12.6. The molecule has 1 saturated heterocycles. The number of halogens is 4. The van der Waals surface area contributed by atoms with Crippen LogP contribution < -0.4 is 19.7 Å². The van der Waals surface area contributed by atoms with Gasteiger partial charge in [0.15, 0.2) is 11.5 Å². The van der Waals surface area contributed by atoms with Crippen LogP contribution in [0.1, 0.15) is 10.4 Å². The van der Waals surface area contributed by atoms with Gasteiger partial charge >= 0.3 is 12.1 Å². The molecular formula is C21H21ClF3N3O4. The van der Waals surface area contributed by atoms with Gasteiger partial charge in [-0.05, 0) is 36.4 Å². The summed E-state index contributed by atoms with van der Waals surface area (Å²) in [6.45, 7) is 0.288. The highest BCUT2D eigenvalue weighted by Gasteiger charge is 2.43. The van der Waals surface area contributed by atoms with Gasteiger partial charge in [0, 0.05) is 37.4 Å². The van der Waals surface area contributed by atoms with E-state index in [0.29, 0.717) is 33.5 Å². The van der Waals surface area contributed by atoms with Crippen molar-refractivity contribution in [3.63, 3.8) is 0 Å². The molecule has 0 unspecified atom stereocenters. The van der Waals surface area contributed by atoms with Gasteiger partial charge in [0.05, 0.1) is 24.9 Å². The van der Waals surface area contributed by atoms with Crippen LogP contribution in [0.3, 0.4) is 0 Å². The van der Waals surface area contributed by atoms with E-state index in [-0.39, 0.29) is 32.1 Å². The minimum atomic E-state index is -4.88. The standard InChI is InChI=1S/C21H21ClF3N3O4/c1-31-17-6-3-13(11-18(17)32-2)19(29)26-14-4-5-16(15(22)12-14)27-7-9-28(10-8-27)20(30)21(23,24)25/h3-6,11-12H,7-10H2,1-2H3,(H,26,29). The van der Waals surface area contributed by atoms with Crippen molar-refractivity contribution in [1.82, 2.24) is 4.90 Å². The first-order valence-electron chi connectivity index (χ1n) is 9.58. The third-order valence-corrected chi connectivity index (χ3v) is 5.30. The molecule has 1 N–H and O–H groups in total. The van der Waals surface area contributed by atoms with E-state index >= 15 is 0 Å². The highest BCUT2D eigenvalue weighted by Crippen LogP contribution is 2.31. The summed E-state index contributed by atoms with van der Waals surface area (Å²) in [4.78, 5) is 26.5. The maximum absolute atomic E-state index is 12.6. The van der Waals surface area contributed by atoms with Gasteiger partial charge in [-0.3, -0.25) is 9.59 Å². The van der Waals surface area contributed by atoms with E-state index in [9.17, 15) is 22.8 Å². The van der Waals surface area contributed by atoms with E-state index < -0.39 is 12.1 Å². The van der Waals surface area contributed by atoms with Crippen molar-refractivity contribution in [1.29, 1.82) is 0 Å². The number of carbonyl (C=O) groups excluding carboxylic acids is 2. The highest BCUT2D eigenvalue weighted by atomic mass is 35.5. The second-order valence-corrected chi connectivity index (χ2v) is 7.37. The molecule has 0 atom stereocenters. The Bertz CT molecular complexity index is 1010. The zero-order chi connectivity index (χ0) is 23.5. The molecule has 2 aromatic carbocycles. The molecule has 3 rings (SSSR count). The Kier molecular flexibility index (Phi) is 7.02. The summed E-state index contributed by atoms with van der Waals surface area (Å²) in [5.74, 6) is -1.31. The fourth-order valence-corrected chi connectivity index (χ4v) is 3.65. The normalized spacial score (nSPS) is 14.2. The topological polar surface area (TPSA) is 71.1 Å². The van der Waals surface area contributed by atoms with Crippen LogP contribution in [0.2, 0.25) is 5.02 Å². The number of nitrogens with zero attached hydrogens (tertiary/aromatic N) is 2. The van der Waals surface area contributed by atoms with Gasteiger partial charge < -0.3 is 24.6 Å². The quantitative estimate of drug-likeness (QED) is 0.718. The van der Waals surface area contributed by atoms with Crippen LogP contribution in [-0.4, -0.2) is 63.3 Å². The Hall–Kier alpha value is -3.14. The Labute approximate surface area is 187 Å². The number of rotatable bonds is 5. The number of hydrogen-bond donors (Lipinski definition) is 1. The molecular weight excluding hydrogens is 451 g/mol. The molecule has 0 spiro atoms. The molecule has 0 bridgehead atoms. The smallest absolute Gasteiger partial charge is 0.471 e. The Morgan fingerprint density at radius 1 is 0.969 bits per heavy atom. The first kappa shape index (κ1) is 23.5. The molecule has 172 valence electrons. The molecule has 32 heavy (non-hydrogen) atoms. The summed E-state index contributed by atoms with van der Waals surface area (Å²) in [5.41, 5.74) is 1.41. The third-order valence-electron chi connectivity index (χ3n) is 5.00. The van der Waals surface area contributed by atoms with E-state index in [1.165, 1.54) is 14.2 Å². The van der Waals surface area contributed by atoms with Crippen molar-refractivity contribution in [2.75, 3.05) is 50.6 Å². The predicted molar refractivity (Wildman–Crippen MR) is 114 cm³/mol. The lowest BCUT2D eigenvalue weighted by molar-refractivity contribution is -0.185. The Balaban J connectivity index is 1.66. The van der Waals surface area contributed by atoms with Gasteiger partial charge in [-0.25, -0.2) is 0 Å². The largest absolute Gasteiger partial charge is 0.493 e. The average molecular weight is 472 g/mol. The molecule has 2 amide bonds. The van der Waals surface area contributed by atoms with Crippen LogP contribution in [0.5, 0.6) is 11.5 Å². The summed E-state index contributed by atoms with van der Waals surface area (Å²) < 4.78 is 48.1. The lowest BCUT2D eigenvalue weighted by Crippen LogP contribution is -2.52. The molecule has 1 heterocycles. The molecule has 0 aromatic heterocycles. The van der Waals surface area contributed by atoms with Crippen LogP contribution in [0, 0.1) is 0 Å². The number of carbonyl (C=O) groups is 2. The van der Waals surface area contributed by atoms with Crippen molar-refractivity contribution < 1.29 is 32.2 Å². The average Bonchev–Trinajstić information content (AvgIpc) is 2.77. The number of piperazine rings is 1. The molecule has 1 aliphatic heterocycles. The van der Waals surface area contributed by atoms with Crippen molar-refractivity contribution in [2.24, 2.45) is 0 Å².